The molecule has 34 heavy (non-hydrogen) atoms. The maximum Gasteiger partial charge on any atom is 0.273 e. The molecule has 1 fully saturated rings. The molecule has 1 saturated carbocycles. The summed E-state index contributed by atoms with van der Waals surface area (Å²) in [7, 11) is 1.84. The number of hydrogen-bond donors (Lipinski definition) is 1. The molecule has 1 N–H and O–H groups in total. The fraction of sp³-hybridized carbons (Fsp3) is 0.292. The summed E-state index contributed by atoms with van der Waals surface area (Å²) in [6, 6.07) is 9.09. The normalized spacial score (nSPS) is 15.2. The minimum absolute atomic E-state index is 0.00533. The SMILES string of the molecule is Cn1cc(C(C)(CNC(=O)c2cn(-c3ccc(F)cc3F)nn2)c2cccc(C3CC3)n2)cn1. The number of hydrogen-bond acceptors (Lipinski definition) is 5. The number of halogens is 2. The van der Waals surface area contributed by atoms with E-state index in [4.69, 9.17) is 4.98 Å². The van der Waals surface area contributed by atoms with Crippen LogP contribution in [0.3, 0.4) is 0 Å². The largest absolute Gasteiger partial charge is 0.349 e. The van der Waals surface area contributed by atoms with Gasteiger partial charge in [-0.05, 0) is 44.0 Å². The van der Waals surface area contributed by atoms with Crippen molar-refractivity contribution in [2.45, 2.75) is 31.1 Å². The molecule has 1 aliphatic carbocycles. The van der Waals surface area contributed by atoms with Crippen molar-refractivity contribution in [2.75, 3.05) is 6.54 Å². The zero-order valence-electron chi connectivity index (χ0n) is 18.7. The molecular weight excluding hydrogens is 440 g/mol. The van der Waals surface area contributed by atoms with Crippen LogP contribution in [0.4, 0.5) is 8.78 Å². The summed E-state index contributed by atoms with van der Waals surface area (Å²) in [5.74, 6) is -1.48. The standard InChI is InChI=1S/C24H23F2N7O/c1-24(16-11-28-32(2)12-16,22-5-3-4-19(29-22)15-6-7-15)14-27-23(34)20-13-33(31-30-20)21-9-8-17(25)10-18(21)26/h3-5,8-13,15H,6-7,14H2,1-2H3,(H,27,34). The maximum atomic E-state index is 14.1. The van der Waals surface area contributed by atoms with Crippen LogP contribution in [0.1, 0.15) is 53.1 Å². The summed E-state index contributed by atoms with van der Waals surface area (Å²) >= 11 is 0. The van der Waals surface area contributed by atoms with E-state index in [0.717, 1.165) is 46.6 Å². The highest BCUT2D eigenvalue weighted by atomic mass is 19.1. The Labute approximate surface area is 194 Å². The lowest BCUT2D eigenvalue weighted by Crippen LogP contribution is -2.40. The van der Waals surface area contributed by atoms with Crippen LogP contribution in [0.15, 0.2) is 55.0 Å². The quantitative estimate of drug-likeness (QED) is 0.454. The second-order valence-corrected chi connectivity index (χ2v) is 8.78. The van der Waals surface area contributed by atoms with Gasteiger partial charge in [-0.15, -0.1) is 5.10 Å². The number of rotatable bonds is 7. The summed E-state index contributed by atoms with van der Waals surface area (Å²) in [5, 5.41) is 14.9. The predicted octanol–water partition coefficient (Wildman–Crippen LogP) is 3.29. The summed E-state index contributed by atoms with van der Waals surface area (Å²) in [5.41, 5.74) is 2.16. The Morgan fingerprint density at radius 1 is 1.21 bits per heavy atom. The van der Waals surface area contributed by atoms with Gasteiger partial charge >= 0.3 is 0 Å². The van der Waals surface area contributed by atoms with Crippen LogP contribution in [0, 0.1) is 11.6 Å². The number of amides is 1. The van der Waals surface area contributed by atoms with Crippen molar-refractivity contribution >= 4 is 5.91 Å². The number of aromatic nitrogens is 6. The molecule has 3 aromatic heterocycles. The van der Waals surface area contributed by atoms with Crippen molar-refractivity contribution in [1.82, 2.24) is 35.1 Å². The topological polar surface area (TPSA) is 90.5 Å². The number of nitrogens with zero attached hydrogens (tertiary/aromatic N) is 6. The van der Waals surface area contributed by atoms with Crippen LogP contribution >= 0.6 is 0 Å². The highest BCUT2D eigenvalue weighted by Crippen LogP contribution is 2.40. The molecule has 0 aliphatic heterocycles. The third kappa shape index (κ3) is 4.18. The first-order chi connectivity index (χ1) is 16.3. The second kappa shape index (κ2) is 8.44. The van der Waals surface area contributed by atoms with Gasteiger partial charge in [0.25, 0.3) is 5.91 Å². The average molecular weight is 463 g/mol. The number of nitrogens with one attached hydrogen (secondary N) is 1. The number of carbonyl (C=O) groups excluding carboxylic acids is 1. The Balaban J connectivity index is 1.39. The van der Waals surface area contributed by atoms with E-state index in [0.29, 0.717) is 5.92 Å². The van der Waals surface area contributed by atoms with Crippen molar-refractivity contribution in [3.8, 4) is 5.69 Å². The van der Waals surface area contributed by atoms with E-state index in [9.17, 15) is 13.6 Å². The van der Waals surface area contributed by atoms with Gasteiger partial charge in [-0.2, -0.15) is 5.10 Å². The van der Waals surface area contributed by atoms with Gasteiger partial charge in [0.2, 0.25) is 0 Å². The van der Waals surface area contributed by atoms with Crippen molar-refractivity contribution in [3.05, 3.63) is 89.3 Å². The number of carbonyl (C=O) groups is 1. The van der Waals surface area contributed by atoms with Crippen molar-refractivity contribution in [2.24, 2.45) is 7.05 Å². The van der Waals surface area contributed by atoms with Gasteiger partial charge in [0.05, 0.1) is 23.5 Å². The molecule has 1 unspecified atom stereocenters. The van der Waals surface area contributed by atoms with Gasteiger partial charge in [0, 0.05) is 43.0 Å². The average Bonchev–Trinajstić information content (AvgIpc) is 3.40. The Kier molecular flexibility index (Phi) is 5.43. The fourth-order valence-corrected chi connectivity index (χ4v) is 3.91. The van der Waals surface area contributed by atoms with Gasteiger partial charge in [-0.25, -0.2) is 13.5 Å². The summed E-state index contributed by atoms with van der Waals surface area (Å²) in [6.07, 6.45) is 7.26. The molecule has 1 atom stereocenters. The van der Waals surface area contributed by atoms with Gasteiger partial charge in [-0.1, -0.05) is 11.3 Å². The number of benzene rings is 1. The van der Waals surface area contributed by atoms with Crippen molar-refractivity contribution in [1.29, 1.82) is 0 Å². The second-order valence-electron chi connectivity index (χ2n) is 8.78. The molecule has 3 heterocycles. The minimum atomic E-state index is -0.803. The van der Waals surface area contributed by atoms with E-state index in [1.807, 2.05) is 38.4 Å². The molecule has 8 nitrogen and oxygen atoms in total. The minimum Gasteiger partial charge on any atom is -0.349 e. The summed E-state index contributed by atoms with van der Waals surface area (Å²) in [4.78, 5) is 17.8. The number of aryl methyl sites for hydroxylation is 1. The summed E-state index contributed by atoms with van der Waals surface area (Å²) in [6.45, 7) is 2.24. The van der Waals surface area contributed by atoms with Crippen molar-refractivity contribution < 1.29 is 13.6 Å². The fourth-order valence-electron chi connectivity index (χ4n) is 3.91. The lowest BCUT2D eigenvalue weighted by molar-refractivity contribution is 0.0942. The highest BCUT2D eigenvalue weighted by Gasteiger charge is 2.34. The van der Waals surface area contributed by atoms with E-state index in [1.165, 1.54) is 12.3 Å². The molecule has 1 aliphatic rings. The Morgan fingerprint density at radius 2 is 2.03 bits per heavy atom. The third-order valence-electron chi connectivity index (χ3n) is 6.16. The molecule has 5 rings (SSSR count). The zero-order valence-corrected chi connectivity index (χ0v) is 18.7. The van der Waals surface area contributed by atoms with E-state index >= 15 is 0 Å². The molecule has 10 heteroatoms. The van der Waals surface area contributed by atoms with Gasteiger partial charge in [0.15, 0.2) is 11.5 Å². The predicted molar refractivity (Wildman–Crippen MR) is 119 cm³/mol. The first-order valence-corrected chi connectivity index (χ1v) is 11.0. The zero-order chi connectivity index (χ0) is 23.9. The Morgan fingerprint density at radius 3 is 2.74 bits per heavy atom. The lowest BCUT2D eigenvalue weighted by Gasteiger charge is -2.29. The van der Waals surface area contributed by atoms with Crippen LogP contribution in [0.5, 0.6) is 0 Å². The van der Waals surface area contributed by atoms with Crippen molar-refractivity contribution in [3.63, 3.8) is 0 Å². The van der Waals surface area contributed by atoms with E-state index < -0.39 is 23.0 Å². The molecule has 4 aromatic rings. The van der Waals surface area contributed by atoms with Crippen LogP contribution in [0.25, 0.3) is 5.69 Å². The lowest BCUT2D eigenvalue weighted by atomic mass is 9.80. The maximum absolute atomic E-state index is 14.1. The first kappa shape index (κ1) is 21.9. The third-order valence-corrected chi connectivity index (χ3v) is 6.16. The van der Waals surface area contributed by atoms with Crippen LogP contribution in [-0.2, 0) is 12.5 Å². The Bertz CT molecular complexity index is 1360. The highest BCUT2D eigenvalue weighted by molar-refractivity contribution is 5.92. The molecular formula is C24H23F2N7O. The molecule has 0 radical (unpaired) electrons. The van der Waals surface area contributed by atoms with Crippen LogP contribution in [0.2, 0.25) is 0 Å². The first-order valence-electron chi connectivity index (χ1n) is 11.0. The molecule has 1 amide bonds. The summed E-state index contributed by atoms with van der Waals surface area (Å²) < 4.78 is 30.1. The van der Waals surface area contributed by atoms with Gasteiger partial charge in [0.1, 0.15) is 11.5 Å². The van der Waals surface area contributed by atoms with Gasteiger partial charge in [-0.3, -0.25) is 14.5 Å². The number of pyridine rings is 1. The molecule has 0 spiro atoms. The molecule has 0 bridgehead atoms. The van der Waals surface area contributed by atoms with Gasteiger partial charge < -0.3 is 5.32 Å². The van der Waals surface area contributed by atoms with Crippen LogP contribution < -0.4 is 5.32 Å². The molecule has 174 valence electrons. The molecule has 1 aromatic carbocycles. The smallest absolute Gasteiger partial charge is 0.273 e. The van der Waals surface area contributed by atoms with E-state index in [1.54, 1.807) is 10.9 Å². The monoisotopic (exact) mass is 463 g/mol. The molecule has 0 saturated heterocycles. The Hall–Kier alpha value is -3.95. The van der Waals surface area contributed by atoms with E-state index in [-0.39, 0.29) is 17.9 Å². The van der Waals surface area contributed by atoms with Crippen LogP contribution in [-0.4, -0.2) is 42.2 Å². The van der Waals surface area contributed by atoms with E-state index in [2.05, 4.69) is 20.7 Å².